The highest BCUT2D eigenvalue weighted by atomic mass is 16.5. The molecule has 0 saturated heterocycles. The van der Waals surface area contributed by atoms with Crippen molar-refractivity contribution in [2.45, 2.75) is 40.2 Å². The number of hydrogen-bond donors (Lipinski definition) is 2. The summed E-state index contributed by atoms with van der Waals surface area (Å²) in [5.74, 6) is -0.196. The van der Waals surface area contributed by atoms with Gasteiger partial charge in [-0.1, -0.05) is 6.92 Å². The third-order valence-corrected chi connectivity index (χ3v) is 4.00. The van der Waals surface area contributed by atoms with E-state index in [0.717, 1.165) is 17.4 Å². The Morgan fingerprint density at radius 2 is 2.00 bits per heavy atom. The molecule has 0 aliphatic heterocycles. The largest absolute Gasteiger partial charge is 0.483 e. The molecule has 1 aromatic carbocycles. The quantitative estimate of drug-likeness (QED) is 0.734. The lowest BCUT2D eigenvalue weighted by Crippen LogP contribution is -2.46. The second kappa shape index (κ2) is 8.51. The minimum absolute atomic E-state index is 0.237. The Hall–Kier alpha value is -2.83. The molecule has 0 spiro atoms. The van der Waals surface area contributed by atoms with Crippen LogP contribution in [0.2, 0.25) is 0 Å². The maximum absolute atomic E-state index is 12.0. The highest BCUT2D eigenvalue weighted by Gasteiger charge is 2.16. The molecule has 1 heterocycles. The number of aryl methyl sites for hydroxylation is 2. The Bertz CT molecular complexity index is 872. The lowest BCUT2D eigenvalue weighted by molar-refractivity contribution is -0.129. The summed E-state index contributed by atoms with van der Waals surface area (Å²) < 4.78 is 10.8. The van der Waals surface area contributed by atoms with Gasteiger partial charge in [-0.15, -0.1) is 0 Å². The Morgan fingerprint density at radius 1 is 1.27 bits per heavy atom. The third kappa shape index (κ3) is 4.62. The number of ether oxygens (including phenoxy) is 1. The first-order chi connectivity index (χ1) is 12.3. The van der Waals surface area contributed by atoms with Crippen LogP contribution in [0.15, 0.2) is 27.4 Å². The molecular formula is C19H24N2O5. The van der Waals surface area contributed by atoms with Crippen LogP contribution >= 0.6 is 0 Å². The normalized spacial score (nSPS) is 11.8. The molecule has 0 saturated carbocycles. The maximum Gasteiger partial charge on any atom is 0.336 e. The van der Waals surface area contributed by atoms with E-state index in [1.165, 1.54) is 6.07 Å². The second-order valence-electron chi connectivity index (χ2n) is 6.18. The van der Waals surface area contributed by atoms with E-state index < -0.39 is 17.6 Å². The van der Waals surface area contributed by atoms with Crippen molar-refractivity contribution in [3.8, 4) is 5.75 Å². The standard InChI is InChI=1S/C19H24N2O5/c1-5-8-20-19(24)13(4)21-16(22)10-25-15-7-6-14-11(2)9-17(23)26-18(14)12(15)3/h6-7,9,13H,5,8,10H2,1-4H3,(H,20,24)(H,21,22)/t13-/m1/s1. The minimum Gasteiger partial charge on any atom is -0.483 e. The number of nitrogens with one attached hydrogen (secondary N) is 2. The lowest BCUT2D eigenvalue weighted by atomic mass is 10.1. The lowest BCUT2D eigenvalue weighted by Gasteiger charge is -2.15. The molecule has 0 radical (unpaired) electrons. The Labute approximate surface area is 151 Å². The first-order valence-electron chi connectivity index (χ1n) is 8.57. The van der Waals surface area contributed by atoms with Gasteiger partial charge in [-0.05, 0) is 44.9 Å². The maximum atomic E-state index is 12.0. The predicted octanol–water partition coefficient (Wildman–Crippen LogP) is 1.82. The van der Waals surface area contributed by atoms with Crippen molar-refractivity contribution >= 4 is 22.8 Å². The molecule has 1 aromatic heterocycles. The zero-order valence-corrected chi connectivity index (χ0v) is 15.5. The molecule has 7 nitrogen and oxygen atoms in total. The van der Waals surface area contributed by atoms with Gasteiger partial charge in [0.1, 0.15) is 17.4 Å². The molecule has 0 unspecified atom stereocenters. The van der Waals surface area contributed by atoms with Gasteiger partial charge in [0, 0.05) is 23.6 Å². The predicted molar refractivity (Wildman–Crippen MR) is 98.4 cm³/mol. The van der Waals surface area contributed by atoms with Crippen LogP contribution in [-0.4, -0.2) is 31.0 Å². The van der Waals surface area contributed by atoms with Crippen LogP contribution in [0.5, 0.6) is 5.75 Å². The number of amides is 2. The van der Waals surface area contributed by atoms with E-state index >= 15 is 0 Å². The first-order valence-corrected chi connectivity index (χ1v) is 8.57. The fraction of sp³-hybridized carbons (Fsp3) is 0.421. The zero-order valence-electron chi connectivity index (χ0n) is 15.5. The summed E-state index contributed by atoms with van der Waals surface area (Å²) in [6, 6.07) is 4.31. The highest BCUT2D eigenvalue weighted by Crippen LogP contribution is 2.28. The van der Waals surface area contributed by atoms with Crippen LogP contribution in [-0.2, 0) is 9.59 Å². The molecular weight excluding hydrogens is 336 g/mol. The fourth-order valence-electron chi connectivity index (χ4n) is 2.55. The van der Waals surface area contributed by atoms with Gasteiger partial charge in [0.15, 0.2) is 6.61 Å². The molecule has 2 N–H and O–H groups in total. The molecule has 140 valence electrons. The van der Waals surface area contributed by atoms with Crippen molar-refractivity contribution in [1.82, 2.24) is 10.6 Å². The summed E-state index contributed by atoms with van der Waals surface area (Å²) in [6.45, 7) is 7.48. The average molecular weight is 360 g/mol. The molecule has 2 amide bonds. The zero-order chi connectivity index (χ0) is 19.3. The van der Waals surface area contributed by atoms with Crippen LogP contribution < -0.4 is 21.0 Å². The van der Waals surface area contributed by atoms with Crippen LogP contribution in [0.1, 0.15) is 31.4 Å². The number of benzene rings is 1. The highest BCUT2D eigenvalue weighted by molar-refractivity contribution is 5.88. The van der Waals surface area contributed by atoms with E-state index in [4.69, 9.17) is 9.15 Å². The SMILES string of the molecule is CCCNC(=O)[C@@H](C)NC(=O)COc1ccc2c(C)cc(=O)oc2c1C. The molecule has 2 aromatic rings. The summed E-state index contributed by atoms with van der Waals surface area (Å²) in [6.07, 6.45) is 0.826. The molecule has 0 aliphatic carbocycles. The van der Waals surface area contributed by atoms with Crippen molar-refractivity contribution in [1.29, 1.82) is 0 Å². The first kappa shape index (κ1) is 19.5. The topological polar surface area (TPSA) is 97.6 Å². The minimum atomic E-state index is -0.643. The summed E-state index contributed by atoms with van der Waals surface area (Å²) in [5, 5.41) is 6.12. The van der Waals surface area contributed by atoms with E-state index in [-0.39, 0.29) is 12.5 Å². The average Bonchev–Trinajstić information content (AvgIpc) is 2.59. The molecule has 26 heavy (non-hydrogen) atoms. The number of hydrogen-bond acceptors (Lipinski definition) is 5. The monoisotopic (exact) mass is 360 g/mol. The van der Waals surface area contributed by atoms with E-state index in [0.29, 0.717) is 23.4 Å². The smallest absolute Gasteiger partial charge is 0.336 e. The van der Waals surface area contributed by atoms with E-state index in [9.17, 15) is 14.4 Å². The Morgan fingerprint density at radius 3 is 2.69 bits per heavy atom. The van der Waals surface area contributed by atoms with Gasteiger partial charge in [-0.3, -0.25) is 9.59 Å². The Kier molecular flexibility index (Phi) is 6.38. The van der Waals surface area contributed by atoms with Gasteiger partial charge in [0.05, 0.1) is 0 Å². The number of rotatable bonds is 7. The van der Waals surface area contributed by atoms with Gasteiger partial charge in [0.25, 0.3) is 5.91 Å². The molecule has 0 bridgehead atoms. The number of fused-ring (bicyclic) bond motifs is 1. The van der Waals surface area contributed by atoms with Gasteiger partial charge in [-0.2, -0.15) is 0 Å². The van der Waals surface area contributed by atoms with Gasteiger partial charge in [0.2, 0.25) is 5.91 Å². The Balaban J connectivity index is 2.03. The molecule has 1 atom stereocenters. The molecule has 7 heteroatoms. The van der Waals surface area contributed by atoms with Crippen LogP contribution in [0.25, 0.3) is 11.0 Å². The summed E-state index contributed by atoms with van der Waals surface area (Å²) in [7, 11) is 0. The van der Waals surface area contributed by atoms with E-state index in [1.54, 1.807) is 26.0 Å². The molecule has 0 aliphatic rings. The third-order valence-electron chi connectivity index (χ3n) is 4.00. The van der Waals surface area contributed by atoms with Crippen molar-refractivity contribution in [3.63, 3.8) is 0 Å². The van der Waals surface area contributed by atoms with Crippen molar-refractivity contribution in [3.05, 3.63) is 39.7 Å². The summed E-state index contributed by atoms with van der Waals surface area (Å²) in [5.41, 5.74) is 1.47. The summed E-state index contributed by atoms with van der Waals surface area (Å²) >= 11 is 0. The van der Waals surface area contributed by atoms with Crippen LogP contribution in [0, 0.1) is 13.8 Å². The van der Waals surface area contributed by atoms with E-state index in [1.807, 2.05) is 13.8 Å². The second-order valence-corrected chi connectivity index (χ2v) is 6.18. The number of carbonyl (C=O) groups is 2. The van der Waals surface area contributed by atoms with Gasteiger partial charge in [-0.25, -0.2) is 4.79 Å². The molecule has 0 fully saturated rings. The number of carbonyl (C=O) groups excluding carboxylic acids is 2. The van der Waals surface area contributed by atoms with Crippen molar-refractivity contribution in [2.24, 2.45) is 0 Å². The van der Waals surface area contributed by atoms with Crippen molar-refractivity contribution < 1.29 is 18.7 Å². The van der Waals surface area contributed by atoms with Crippen molar-refractivity contribution in [2.75, 3.05) is 13.2 Å². The van der Waals surface area contributed by atoms with Crippen LogP contribution in [0.3, 0.4) is 0 Å². The fourth-order valence-corrected chi connectivity index (χ4v) is 2.55. The van der Waals surface area contributed by atoms with E-state index in [2.05, 4.69) is 10.6 Å². The van der Waals surface area contributed by atoms with Crippen LogP contribution in [0.4, 0.5) is 0 Å². The summed E-state index contributed by atoms with van der Waals surface area (Å²) in [4.78, 5) is 35.4. The molecule has 2 rings (SSSR count). The van der Waals surface area contributed by atoms with Gasteiger partial charge >= 0.3 is 5.63 Å². The van der Waals surface area contributed by atoms with Gasteiger partial charge < -0.3 is 19.8 Å².